The van der Waals surface area contributed by atoms with E-state index in [1.807, 2.05) is 36.4 Å². The maximum atomic E-state index is 11.8. The van der Waals surface area contributed by atoms with Crippen LogP contribution in [-0.2, 0) is 4.79 Å². The summed E-state index contributed by atoms with van der Waals surface area (Å²) in [6.45, 7) is 4.42. The largest absolute Gasteiger partial charge is 0.325 e. The van der Waals surface area contributed by atoms with Crippen molar-refractivity contribution in [2.75, 3.05) is 11.9 Å². The zero-order valence-electron chi connectivity index (χ0n) is 11.9. The molecule has 2 N–H and O–H groups in total. The molecule has 0 saturated heterocycles. The fourth-order valence-electron chi connectivity index (χ4n) is 2.03. The first-order chi connectivity index (χ1) is 9.65. The Morgan fingerprint density at radius 1 is 1.10 bits per heavy atom. The van der Waals surface area contributed by atoms with Gasteiger partial charge in [-0.25, -0.2) is 0 Å². The second-order valence-corrected chi connectivity index (χ2v) is 4.93. The molecule has 20 heavy (non-hydrogen) atoms. The van der Waals surface area contributed by atoms with E-state index in [2.05, 4.69) is 42.7 Å². The van der Waals surface area contributed by atoms with Crippen LogP contribution >= 0.6 is 0 Å². The van der Waals surface area contributed by atoms with Crippen molar-refractivity contribution in [1.29, 1.82) is 0 Å². The molecule has 0 spiro atoms. The Kier molecular flexibility index (Phi) is 4.91. The van der Waals surface area contributed by atoms with Crippen molar-refractivity contribution in [3.8, 4) is 0 Å². The highest BCUT2D eigenvalue weighted by atomic mass is 16.1. The van der Waals surface area contributed by atoms with Crippen LogP contribution in [0.3, 0.4) is 0 Å². The molecular formula is C17H20N2O. The van der Waals surface area contributed by atoms with E-state index in [1.165, 1.54) is 11.1 Å². The van der Waals surface area contributed by atoms with Crippen molar-refractivity contribution in [2.24, 2.45) is 0 Å². The minimum Gasteiger partial charge on any atom is -0.325 e. The number of para-hydroxylation sites is 1. The lowest BCUT2D eigenvalue weighted by molar-refractivity contribution is -0.115. The normalized spacial score (nSPS) is 11.9. The molecule has 0 aliphatic carbocycles. The van der Waals surface area contributed by atoms with E-state index in [0.29, 0.717) is 6.54 Å². The van der Waals surface area contributed by atoms with E-state index in [4.69, 9.17) is 0 Å². The number of nitrogens with one attached hydrogen (secondary N) is 2. The molecule has 0 heterocycles. The molecule has 2 rings (SSSR count). The highest BCUT2D eigenvalue weighted by molar-refractivity contribution is 5.92. The van der Waals surface area contributed by atoms with Gasteiger partial charge in [0, 0.05) is 11.7 Å². The van der Waals surface area contributed by atoms with Crippen LogP contribution in [0, 0.1) is 6.92 Å². The van der Waals surface area contributed by atoms with Gasteiger partial charge in [0.15, 0.2) is 0 Å². The van der Waals surface area contributed by atoms with E-state index >= 15 is 0 Å². The Labute approximate surface area is 120 Å². The zero-order chi connectivity index (χ0) is 14.4. The lowest BCUT2D eigenvalue weighted by Gasteiger charge is -2.14. The maximum absolute atomic E-state index is 11.8. The summed E-state index contributed by atoms with van der Waals surface area (Å²) >= 11 is 0. The molecule has 3 heteroatoms. The zero-order valence-corrected chi connectivity index (χ0v) is 11.9. The highest BCUT2D eigenvalue weighted by Gasteiger charge is 2.07. The second-order valence-electron chi connectivity index (χ2n) is 4.93. The molecule has 0 aliphatic heterocycles. The number of anilines is 1. The van der Waals surface area contributed by atoms with Gasteiger partial charge in [-0.1, -0.05) is 48.0 Å². The number of hydrogen-bond acceptors (Lipinski definition) is 2. The van der Waals surface area contributed by atoms with Gasteiger partial charge in [-0.2, -0.15) is 0 Å². The van der Waals surface area contributed by atoms with Crippen molar-refractivity contribution >= 4 is 11.6 Å². The lowest BCUT2D eigenvalue weighted by Crippen LogP contribution is -2.30. The van der Waals surface area contributed by atoms with Gasteiger partial charge < -0.3 is 10.6 Å². The number of carbonyl (C=O) groups is 1. The Balaban J connectivity index is 1.84. The monoisotopic (exact) mass is 268 g/mol. The predicted octanol–water partition coefficient (Wildman–Crippen LogP) is 3.28. The third-order valence-corrected chi connectivity index (χ3v) is 3.17. The second kappa shape index (κ2) is 6.87. The van der Waals surface area contributed by atoms with Crippen LogP contribution in [-0.4, -0.2) is 12.5 Å². The van der Waals surface area contributed by atoms with Crippen molar-refractivity contribution in [3.63, 3.8) is 0 Å². The molecule has 3 nitrogen and oxygen atoms in total. The quantitative estimate of drug-likeness (QED) is 0.873. The first-order valence-corrected chi connectivity index (χ1v) is 6.80. The third-order valence-electron chi connectivity index (χ3n) is 3.17. The Morgan fingerprint density at radius 2 is 1.85 bits per heavy atom. The molecule has 0 radical (unpaired) electrons. The fraction of sp³-hybridized carbons (Fsp3) is 0.235. The van der Waals surface area contributed by atoms with Crippen LogP contribution in [0.1, 0.15) is 24.1 Å². The Morgan fingerprint density at radius 3 is 2.55 bits per heavy atom. The number of benzene rings is 2. The number of carbonyl (C=O) groups excluding carboxylic acids is 1. The summed E-state index contributed by atoms with van der Waals surface area (Å²) in [5.41, 5.74) is 3.24. The van der Waals surface area contributed by atoms with Gasteiger partial charge >= 0.3 is 0 Å². The standard InChI is InChI=1S/C17H20N2O/c1-13-7-6-8-15(11-13)14(2)18-12-17(20)19-16-9-4-3-5-10-16/h3-11,14,18H,12H2,1-2H3,(H,19,20)/t14-/m1/s1. The molecule has 0 aromatic heterocycles. The molecule has 1 amide bonds. The van der Waals surface area contributed by atoms with Gasteiger partial charge in [-0.05, 0) is 31.5 Å². The number of aryl methyl sites for hydroxylation is 1. The molecule has 2 aromatic rings. The summed E-state index contributed by atoms with van der Waals surface area (Å²) in [5, 5.41) is 6.09. The van der Waals surface area contributed by atoms with E-state index in [9.17, 15) is 4.79 Å². The average molecular weight is 268 g/mol. The van der Waals surface area contributed by atoms with Gasteiger partial charge in [-0.3, -0.25) is 4.79 Å². The number of rotatable bonds is 5. The molecule has 104 valence electrons. The molecular weight excluding hydrogens is 248 g/mol. The van der Waals surface area contributed by atoms with Gasteiger partial charge in [0.1, 0.15) is 0 Å². The molecule has 1 atom stereocenters. The molecule has 0 aliphatic rings. The van der Waals surface area contributed by atoms with E-state index in [1.54, 1.807) is 0 Å². The lowest BCUT2D eigenvalue weighted by atomic mass is 10.1. The third kappa shape index (κ3) is 4.21. The van der Waals surface area contributed by atoms with Crippen molar-refractivity contribution in [2.45, 2.75) is 19.9 Å². The van der Waals surface area contributed by atoms with Crippen LogP contribution in [0.2, 0.25) is 0 Å². The predicted molar refractivity (Wildman–Crippen MR) is 82.7 cm³/mol. The minimum atomic E-state index is -0.0318. The van der Waals surface area contributed by atoms with E-state index < -0.39 is 0 Å². The SMILES string of the molecule is Cc1cccc([C@@H](C)NCC(=O)Nc2ccccc2)c1. The van der Waals surface area contributed by atoms with E-state index in [0.717, 1.165) is 5.69 Å². The summed E-state index contributed by atoms with van der Waals surface area (Å²) in [6, 6.07) is 17.9. The molecule has 0 unspecified atom stereocenters. The fourth-order valence-corrected chi connectivity index (χ4v) is 2.03. The molecule has 2 aromatic carbocycles. The first-order valence-electron chi connectivity index (χ1n) is 6.80. The van der Waals surface area contributed by atoms with Gasteiger partial charge in [0.2, 0.25) is 5.91 Å². The highest BCUT2D eigenvalue weighted by Crippen LogP contribution is 2.13. The molecule has 0 fully saturated rings. The van der Waals surface area contributed by atoms with Crippen LogP contribution in [0.25, 0.3) is 0 Å². The average Bonchev–Trinajstić information content (AvgIpc) is 2.46. The van der Waals surface area contributed by atoms with Gasteiger partial charge in [0.25, 0.3) is 0 Å². The summed E-state index contributed by atoms with van der Waals surface area (Å²) in [6.07, 6.45) is 0. The Hall–Kier alpha value is -2.13. The first kappa shape index (κ1) is 14.3. The number of amides is 1. The van der Waals surface area contributed by atoms with Crippen LogP contribution in [0.15, 0.2) is 54.6 Å². The van der Waals surface area contributed by atoms with Crippen molar-refractivity contribution in [1.82, 2.24) is 5.32 Å². The van der Waals surface area contributed by atoms with E-state index in [-0.39, 0.29) is 11.9 Å². The van der Waals surface area contributed by atoms with Crippen molar-refractivity contribution < 1.29 is 4.79 Å². The van der Waals surface area contributed by atoms with Crippen molar-refractivity contribution in [3.05, 3.63) is 65.7 Å². The van der Waals surface area contributed by atoms with Crippen LogP contribution in [0.4, 0.5) is 5.69 Å². The summed E-state index contributed by atoms with van der Waals surface area (Å²) in [7, 11) is 0. The summed E-state index contributed by atoms with van der Waals surface area (Å²) in [5.74, 6) is -0.0318. The van der Waals surface area contributed by atoms with Gasteiger partial charge in [0.05, 0.1) is 6.54 Å². The number of hydrogen-bond donors (Lipinski definition) is 2. The molecule has 0 bridgehead atoms. The minimum absolute atomic E-state index is 0.0318. The summed E-state index contributed by atoms with van der Waals surface area (Å²) < 4.78 is 0. The summed E-state index contributed by atoms with van der Waals surface area (Å²) in [4.78, 5) is 11.8. The van der Waals surface area contributed by atoms with Crippen LogP contribution in [0.5, 0.6) is 0 Å². The van der Waals surface area contributed by atoms with Crippen LogP contribution < -0.4 is 10.6 Å². The smallest absolute Gasteiger partial charge is 0.238 e. The Bertz CT molecular complexity index is 566. The topological polar surface area (TPSA) is 41.1 Å². The molecule has 0 saturated carbocycles. The maximum Gasteiger partial charge on any atom is 0.238 e. The van der Waals surface area contributed by atoms with Gasteiger partial charge in [-0.15, -0.1) is 0 Å².